The highest BCUT2D eigenvalue weighted by atomic mass is 19.1. The summed E-state index contributed by atoms with van der Waals surface area (Å²) in [6, 6.07) is 0. The molecule has 0 radical (unpaired) electrons. The van der Waals surface area contributed by atoms with Crippen molar-refractivity contribution in [1.29, 1.82) is 0 Å². The van der Waals surface area contributed by atoms with E-state index in [9.17, 15) is 4.39 Å². The van der Waals surface area contributed by atoms with Gasteiger partial charge in [0.2, 0.25) is 0 Å². The first-order valence-corrected chi connectivity index (χ1v) is 6.20. The second-order valence-electron chi connectivity index (χ2n) is 4.50. The van der Waals surface area contributed by atoms with Crippen LogP contribution < -0.4 is 10.6 Å². The van der Waals surface area contributed by atoms with Crippen LogP contribution in [0.5, 0.6) is 0 Å². The van der Waals surface area contributed by atoms with E-state index in [1.807, 2.05) is 11.8 Å². The van der Waals surface area contributed by atoms with Crippen LogP contribution in [0.3, 0.4) is 0 Å². The van der Waals surface area contributed by atoms with Gasteiger partial charge in [-0.1, -0.05) is 6.92 Å². The van der Waals surface area contributed by atoms with Crippen LogP contribution >= 0.6 is 0 Å². The second-order valence-corrected chi connectivity index (χ2v) is 4.50. The van der Waals surface area contributed by atoms with Crippen LogP contribution in [0.15, 0.2) is 6.33 Å². The fourth-order valence-corrected chi connectivity index (χ4v) is 2.31. The highest BCUT2D eigenvalue weighted by molar-refractivity contribution is 5.41. The second kappa shape index (κ2) is 5.40. The summed E-state index contributed by atoms with van der Waals surface area (Å²) in [5.74, 6) is 0.617. The molecule has 0 saturated carbocycles. The van der Waals surface area contributed by atoms with Crippen molar-refractivity contribution in [2.45, 2.75) is 26.2 Å². The quantitative estimate of drug-likeness (QED) is 0.863. The predicted octanol–water partition coefficient (Wildman–Crippen LogP) is 1.35. The van der Waals surface area contributed by atoms with E-state index < -0.39 is 0 Å². The summed E-state index contributed by atoms with van der Waals surface area (Å²) in [6.07, 6.45) is 4.21. The maximum Gasteiger partial charge on any atom is 0.187 e. The lowest BCUT2D eigenvalue weighted by molar-refractivity contribution is 0.416. The van der Waals surface area contributed by atoms with Crippen LogP contribution in [-0.2, 0) is 6.42 Å². The zero-order valence-electron chi connectivity index (χ0n) is 10.2. The maximum atomic E-state index is 14.1. The third-order valence-corrected chi connectivity index (χ3v) is 3.33. The molecule has 1 unspecified atom stereocenters. The minimum Gasteiger partial charge on any atom is -0.354 e. The van der Waals surface area contributed by atoms with Crippen molar-refractivity contribution in [3.05, 3.63) is 17.8 Å². The van der Waals surface area contributed by atoms with Crippen LogP contribution in [-0.4, -0.2) is 29.6 Å². The SMILES string of the molecule is CCc1ncnc(N2CCCC(CN)C2)c1F. The average Bonchev–Trinajstić information content (AvgIpc) is 2.39. The van der Waals surface area contributed by atoms with E-state index in [-0.39, 0.29) is 5.82 Å². The van der Waals surface area contributed by atoms with Gasteiger partial charge in [-0.2, -0.15) is 0 Å². The van der Waals surface area contributed by atoms with Crippen LogP contribution in [0, 0.1) is 11.7 Å². The number of anilines is 1. The third-order valence-electron chi connectivity index (χ3n) is 3.33. The smallest absolute Gasteiger partial charge is 0.187 e. The molecule has 1 saturated heterocycles. The van der Waals surface area contributed by atoms with Gasteiger partial charge in [-0.15, -0.1) is 0 Å². The molecule has 17 heavy (non-hydrogen) atoms. The number of aromatic nitrogens is 2. The van der Waals surface area contributed by atoms with Crippen molar-refractivity contribution in [2.24, 2.45) is 11.7 Å². The first-order chi connectivity index (χ1) is 8.26. The standard InChI is InChI=1S/C12H19FN4/c1-2-10-11(13)12(16-8-15-10)17-5-3-4-9(6-14)7-17/h8-9H,2-7,14H2,1H3. The van der Waals surface area contributed by atoms with Crippen LogP contribution in [0.4, 0.5) is 10.2 Å². The Morgan fingerprint density at radius 3 is 3.06 bits per heavy atom. The predicted molar refractivity (Wildman–Crippen MR) is 65.4 cm³/mol. The van der Waals surface area contributed by atoms with Gasteiger partial charge in [0.25, 0.3) is 0 Å². The monoisotopic (exact) mass is 238 g/mol. The zero-order valence-corrected chi connectivity index (χ0v) is 10.2. The summed E-state index contributed by atoms with van der Waals surface area (Å²) in [6.45, 7) is 4.21. The molecular weight excluding hydrogens is 219 g/mol. The third kappa shape index (κ3) is 2.54. The Hall–Kier alpha value is -1.23. The molecule has 5 heteroatoms. The first-order valence-electron chi connectivity index (χ1n) is 6.20. The number of nitrogens with zero attached hydrogens (tertiary/aromatic N) is 3. The molecule has 94 valence electrons. The largest absolute Gasteiger partial charge is 0.354 e. The van der Waals surface area contributed by atoms with Gasteiger partial charge in [0.15, 0.2) is 11.6 Å². The molecule has 0 aromatic carbocycles. The lowest BCUT2D eigenvalue weighted by Crippen LogP contribution is -2.39. The molecular formula is C12H19FN4. The van der Waals surface area contributed by atoms with Crippen molar-refractivity contribution >= 4 is 5.82 Å². The summed E-state index contributed by atoms with van der Waals surface area (Å²) >= 11 is 0. The van der Waals surface area contributed by atoms with E-state index in [0.29, 0.717) is 30.4 Å². The molecule has 1 fully saturated rings. The van der Waals surface area contributed by atoms with E-state index in [2.05, 4.69) is 9.97 Å². The molecule has 0 spiro atoms. The van der Waals surface area contributed by atoms with Crippen LogP contribution in [0.25, 0.3) is 0 Å². The fraction of sp³-hybridized carbons (Fsp3) is 0.667. The number of hydrogen-bond acceptors (Lipinski definition) is 4. The van der Waals surface area contributed by atoms with E-state index in [1.54, 1.807) is 0 Å². The van der Waals surface area contributed by atoms with Crippen LogP contribution in [0.2, 0.25) is 0 Å². The summed E-state index contributed by atoms with van der Waals surface area (Å²) in [4.78, 5) is 10.0. The Balaban J connectivity index is 2.21. The molecule has 1 atom stereocenters. The van der Waals surface area contributed by atoms with Gasteiger partial charge in [-0.05, 0) is 31.7 Å². The molecule has 1 aliphatic heterocycles. The van der Waals surface area contributed by atoms with Gasteiger partial charge in [-0.3, -0.25) is 0 Å². The zero-order chi connectivity index (χ0) is 12.3. The van der Waals surface area contributed by atoms with Gasteiger partial charge in [0.1, 0.15) is 6.33 Å². The molecule has 0 amide bonds. The molecule has 0 aliphatic carbocycles. The number of aryl methyl sites for hydroxylation is 1. The number of nitrogens with two attached hydrogens (primary N) is 1. The Labute approximate surface area is 101 Å². The van der Waals surface area contributed by atoms with Gasteiger partial charge >= 0.3 is 0 Å². The summed E-state index contributed by atoms with van der Waals surface area (Å²) in [5, 5.41) is 0. The molecule has 1 aromatic heterocycles. The topological polar surface area (TPSA) is 55.0 Å². The number of hydrogen-bond donors (Lipinski definition) is 1. The fourth-order valence-electron chi connectivity index (χ4n) is 2.31. The van der Waals surface area contributed by atoms with Gasteiger partial charge in [-0.25, -0.2) is 14.4 Å². The van der Waals surface area contributed by atoms with Crippen molar-refractivity contribution in [2.75, 3.05) is 24.5 Å². The number of halogens is 1. The lowest BCUT2D eigenvalue weighted by atomic mass is 9.98. The Morgan fingerprint density at radius 2 is 2.35 bits per heavy atom. The van der Waals surface area contributed by atoms with Crippen molar-refractivity contribution in [3.63, 3.8) is 0 Å². The van der Waals surface area contributed by atoms with E-state index in [0.717, 1.165) is 25.9 Å². The number of rotatable bonds is 3. The summed E-state index contributed by atoms with van der Waals surface area (Å²) < 4.78 is 14.1. The minimum absolute atomic E-state index is 0.271. The van der Waals surface area contributed by atoms with Gasteiger partial charge in [0, 0.05) is 13.1 Å². The highest BCUT2D eigenvalue weighted by Gasteiger charge is 2.23. The lowest BCUT2D eigenvalue weighted by Gasteiger charge is -2.33. The van der Waals surface area contributed by atoms with Crippen molar-refractivity contribution in [3.8, 4) is 0 Å². The number of piperidine rings is 1. The van der Waals surface area contributed by atoms with E-state index in [4.69, 9.17) is 5.73 Å². The molecule has 1 aromatic rings. The maximum absolute atomic E-state index is 14.1. The minimum atomic E-state index is -0.271. The summed E-state index contributed by atoms with van der Waals surface area (Å²) in [7, 11) is 0. The Kier molecular flexibility index (Phi) is 3.89. The molecule has 1 aliphatic rings. The van der Waals surface area contributed by atoms with Crippen LogP contribution in [0.1, 0.15) is 25.5 Å². The Morgan fingerprint density at radius 1 is 1.53 bits per heavy atom. The summed E-state index contributed by atoms with van der Waals surface area (Å²) in [5.41, 5.74) is 6.18. The molecule has 0 bridgehead atoms. The van der Waals surface area contributed by atoms with Gasteiger partial charge < -0.3 is 10.6 Å². The van der Waals surface area contributed by atoms with Crippen molar-refractivity contribution in [1.82, 2.24) is 9.97 Å². The van der Waals surface area contributed by atoms with Gasteiger partial charge in [0.05, 0.1) is 5.69 Å². The van der Waals surface area contributed by atoms with Crippen molar-refractivity contribution < 1.29 is 4.39 Å². The van der Waals surface area contributed by atoms with E-state index in [1.165, 1.54) is 6.33 Å². The highest BCUT2D eigenvalue weighted by Crippen LogP contribution is 2.24. The van der Waals surface area contributed by atoms with E-state index >= 15 is 0 Å². The normalized spacial score (nSPS) is 20.6. The molecule has 2 heterocycles. The molecule has 2 N–H and O–H groups in total. The molecule has 2 rings (SSSR count). The first kappa shape index (κ1) is 12.2. The average molecular weight is 238 g/mol. The Bertz CT molecular complexity index is 383. The molecule has 4 nitrogen and oxygen atoms in total.